The molecule has 5 amide bonds. The highest BCUT2D eigenvalue weighted by molar-refractivity contribution is 6.27. The largest absolute Gasteiger partial charge is 0.494 e. The molecule has 0 saturated carbocycles. The Morgan fingerprint density at radius 1 is 1.17 bits per heavy atom. The van der Waals surface area contributed by atoms with Crippen molar-refractivity contribution >= 4 is 29.4 Å². The molecular weight excluding hydrogens is 302 g/mol. The summed E-state index contributed by atoms with van der Waals surface area (Å²) in [5.41, 5.74) is 0.392. The average molecular weight is 319 g/mol. The van der Waals surface area contributed by atoms with Gasteiger partial charge in [-0.2, -0.15) is 0 Å². The number of carbonyl (C=O) groups is 4. The monoisotopic (exact) mass is 319 g/mol. The summed E-state index contributed by atoms with van der Waals surface area (Å²) in [4.78, 5) is 49.6. The second-order valence-corrected chi connectivity index (χ2v) is 4.96. The minimum Gasteiger partial charge on any atom is -0.494 e. The van der Waals surface area contributed by atoms with Gasteiger partial charge in [0.2, 0.25) is 5.91 Å². The zero-order chi connectivity index (χ0) is 17.1. The van der Waals surface area contributed by atoms with Crippen LogP contribution < -0.4 is 10.1 Å². The SMILES string of the molecule is CCOc1cccc(NC(=O)C2C(=O)N(C)C(=O)N(C)C2=O)c1. The molecule has 0 spiro atoms. The topological polar surface area (TPSA) is 96.0 Å². The lowest BCUT2D eigenvalue weighted by atomic mass is 10.0. The lowest BCUT2D eigenvalue weighted by molar-refractivity contribution is -0.151. The number of urea groups is 1. The number of ether oxygens (including phenoxy) is 1. The average Bonchev–Trinajstić information content (AvgIpc) is 2.52. The number of benzene rings is 1. The van der Waals surface area contributed by atoms with Gasteiger partial charge in [-0.1, -0.05) is 6.07 Å². The highest BCUT2D eigenvalue weighted by atomic mass is 16.5. The number of nitrogens with one attached hydrogen (secondary N) is 1. The fraction of sp³-hybridized carbons (Fsp3) is 0.333. The molecule has 0 aliphatic carbocycles. The van der Waals surface area contributed by atoms with Crippen LogP contribution >= 0.6 is 0 Å². The van der Waals surface area contributed by atoms with Crippen molar-refractivity contribution in [2.45, 2.75) is 6.92 Å². The van der Waals surface area contributed by atoms with Crippen molar-refractivity contribution in [3.05, 3.63) is 24.3 Å². The summed E-state index contributed by atoms with van der Waals surface area (Å²) >= 11 is 0. The quantitative estimate of drug-likeness (QED) is 0.824. The van der Waals surface area contributed by atoms with Crippen LogP contribution in [0.2, 0.25) is 0 Å². The van der Waals surface area contributed by atoms with Crippen molar-refractivity contribution < 1.29 is 23.9 Å². The van der Waals surface area contributed by atoms with Crippen LogP contribution in [0.4, 0.5) is 10.5 Å². The highest BCUT2D eigenvalue weighted by Gasteiger charge is 2.46. The van der Waals surface area contributed by atoms with Crippen molar-refractivity contribution in [3.63, 3.8) is 0 Å². The van der Waals surface area contributed by atoms with Gasteiger partial charge in [-0.25, -0.2) is 4.79 Å². The van der Waals surface area contributed by atoms with Crippen molar-refractivity contribution in [2.24, 2.45) is 5.92 Å². The van der Waals surface area contributed by atoms with E-state index in [1.165, 1.54) is 14.1 Å². The smallest absolute Gasteiger partial charge is 0.332 e. The van der Waals surface area contributed by atoms with E-state index in [9.17, 15) is 19.2 Å². The van der Waals surface area contributed by atoms with Crippen LogP contribution in [0.15, 0.2) is 24.3 Å². The summed E-state index contributed by atoms with van der Waals surface area (Å²) in [5, 5.41) is 2.50. The molecule has 122 valence electrons. The van der Waals surface area contributed by atoms with E-state index in [-0.39, 0.29) is 0 Å². The van der Waals surface area contributed by atoms with Crippen LogP contribution in [0, 0.1) is 5.92 Å². The number of nitrogens with zero attached hydrogens (tertiary/aromatic N) is 2. The van der Waals surface area contributed by atoms with Crippen LogP contribution in [-0.4, -0.2) is 54.3 Å². The Morgan fingerprint density at radius 2 is 1.78 bits per heavy atom. The number of imide groups is 2. The van der Waals surface area contributed by atoms with E-state index in [4.69, 9.17) is 4.74 Å². The zero-order valence-corrected chi connectivity index (χ0v) is 13.0. The number of barbiturate groups is 1. The van der Waals surface area contributed by atoms with E-state index < -0.39 is 29.7 Å². The molecule has 1 fully saturated rings. The predicted molar refractivity (Wildman–Crippen MR) is 80.7 cm³/mol. The van der Waals surface area contributed by atoms with Gasteiger partial charge in [0.1, 0.15) is 5.75 Å². The van der Waals surface area contributed by atoms with Crippen molar-refractivity contribution in [1.82, 2.24) is 9.80 Å². The lowest BCUT2D eigenvalue weighted by Crippen LogP contribution is -2.59. The van der Waals surface area contributed by atoms with Gasteiger partial charge in [0.15, 0.2) is 5.92 Å². The van der Waals surface area contributed by atoms with Crippen molar-refractivity contribution in [2.75, 3.05) is 26.0 Å². The zero-order valence-electron chi connectivity index (χ0n) is 13.0. The van der Waals surface area contributed by atoms with E-state index in [0.29, 0.717) is 18.0 Å². The lowest BCUT2D eigenvalue weighted by Gasteiger charge is -2.32. The van der Waals surface area contributed by atoms with E-state index >= 15 is 0 Å². The van der Waals surface area contributed by atoms with E-state index in [1.54, 1.807) is 24.3 Å². The highest BCUT2D eigenvalue weighted by Crippen LogP contribution is 2.20. The molecule has 1 aliphatic rings. The molecule has 1 aromatic carbocycles. The predicted octanol–water partition coefficient (Wildman–Crippen LogP) is 0.690. The van der Waals surface area contributed by atoms with Crippen LogP contribution in [0.3, 0.4) is 0 Å². The molecule has 23 heavy (non-hydrogen) atoms. The first-order chi connectivity index (χ1) is 10.9. The van der Waals surface area contributed by atoms with Gasteiger partial charge >= 0.3 is 6.03 Å². The van der Waals surface area contributed by atoms with E-state index in [2.05, 4.69) is 5.32 Å². The first-order valence-corrected chi connectivity index (χ1v) is 6.99. The normalized spacial score (nSPS) is 15.9. The summed E-state index contributed by atoms with van der Waals surface area (Å²) in [6, 6.07) is 5.82. The van der Waals surface area contributed by atoms with Crippen molar-refractivity contribution in [1.29, 1.82) is 0 Å². The molecule has 8 heteroatoms. The fourth-order valence-electron chi connectivity index (χ4n) is 2.18. The molecule has 0 bridgehead atoms. The Hall–Kier alpha value is -2.90. The van der Waals surface area contributed by atoms with Gasteiger partial charge in [0.05, 0.1) is 6.61 Å². The molecule has 0 radical (unpaired) electrons. The fourth-order valence-corrected chi connectivity index (χ4v) is 2.18. The van der Waals surface area contributed by atoms with Crippen LogP contribution in [0.1, 0.15) is 6.92 Å². The summed E-state index contributed by atoms with van der Waals surface area (Å²) in [5.74, 6) is -3.53. The van der Waals surface area contributed by atoms with Gasteiger partial charge in [-0.05, 0) is 19.1 Å². The molecule has 1 heterocycles. The summed E-state index contributed by atoms with van der Waals surface area (Å²) in [6.07, 6.45) is 0. The minimum atomic E-state index is -1.58. The molecule has 0 unspecified atom stereocenters. The number of amides is 5. The van der Waals surface area contributed by atoms with Gasteiger partial charge in [-0.3, -0.25) is 24.2 Å². The second kappa shape index (κ2) is 6.47. The number of anilines is 1. The number of hydrogen-bond donors (Lipinski definition) is 1. The molecular formula is C15H17N3O5. The van der Waals surface area contributed by atoms with E-state index in [1.807, 2.05) is 6.92 Å². The number of carbonyl (C=O) groups excluding carboxylic acids is 4. The molecule has 8 nitrogen and oxygen atoms in total. The van der Waals surface area contributed by atoms with Crippen LogP contribution in [0.5, 0.6) is 5.75 Å². The first-order valence-electron chi connectivity index (χ1n) is 6.99. The maximum Gasteiger partial charge on any atom is 0.332 e. The molecule has 1 aromatic rings. The maximum absolute atomic E-state index is 12.3. The third-order valence-electron chi connectivity index (χ3n) is 3.40. The van der Waals surface area contributed by atoms with Gasteiger partial charge in [0, 0.05) is 25.8 Å². The molecule has 1 saturated heterocycles. The Balaban J connectivity index is 2.19. The summed E-state index contributed by atoms with van der Waals surface area (Å²) in [7, 11) is 2.45. The van der Waals surface area contributed by atoms with Crippen LogP contribution in [-0.2, 0) is 14.4 Å². The minimum absolute atomic E-state index is 0.392. The van der Waals surface area contributed by atoms with Crippen LogP contribution in [0.25, 0.3) is 0 Å². The number of hydrogen-bond acceptors (Lipinski definition) is 5. The van der Waals surface area contributed by atoms with Crippen molar-refractivity contribution in [3.8, 4) is 5.75 Å². The Morgan fingerprint density at radius 3 is 2.35 bits per heavy atom. The summed E-state index contributed by atoms with van der Waals surface area (Å²) < 4.78 is 5.32. The second-order valence-electron chi connectivity index (χ2n) is 4.96. The molecule has 0 aromatic heterocycles. The molecule has 1 N–H and O–H groups in total. The Kier molecular flexibility index (Phi) is 4.63. The van der Waals surface area contributed by atoms with Gasteiger partial charge < -0.3 is 10.1 Å². The summed E-state index contributed by atoms with van der Waals surface area (Å²) in [6.45, 7) is 2.29. The number of rotatable bonds is 4. The first kappa shape index (κ1) is 16.5. The third kappa shape index (κ3) is 3.15. The molecule has 0 atom stereocenters. The third-order valence-corrected chi connectivity index (χ3v) is 3.40. The molecule has 2 rings (SSSR count). The van der Waals surface area contributed by atoms with E-state index in [0.717, 1.165) is 9.80 Å². The maximum atomic E-state index is 12.3. The van der Waals surface area contributed by atoms with Gasteiger partial charge in [0.25, 0.3) is 11.8 Å². The Bertz CT molecular complexity index is 649. The Labute approximate surface area is 133 Å². The standard InChI is InChI=1S/C15H17N3O5/c1-4-23-10-7-5-6-9(8-10)16-12(19)11-13(20)17(2)15(22)18(3)14(11)21/h5-8,11H,4H2,1-3H3,(H,16,19). The molecule has 1 aliphatic heterocycles. The van der Waals surface area contributed by atoms with Gasteiger partial charge in [-0.15, -0.1) is 0 Å².